The first kappa shape index (κ1) is 30.4. The lowest BCUT2D eigenvalue weighted by atomic mass is 10.4. The molecule has 0 aliphatic heterocycles. The summed E-state index contributed by atoms with van der Waals surface area (Å²) in [6.45, 7) is 16.7. The number of hydrogen-bond donors (Lipinski definition) is 1. The van der Waals surface area contributed by atoms with Crippen molar-refractivity contribution in [2.24, 2.45) is 5.73 Å². The van der Waals surface area contributed by atoms with Gasteiger partial charge in [0.05, 0.1) is 0 Å². The zero-order chi connectivity index (χ0) is 15.2. The molecule has 0 aromatic carbocycles. The molecule has 0 aromatic heterocycles. The van der Waals surface area contributed by atoms with Crippen LogP contribution < -0.4 is 5.73 Å². The van der Waals surface area contributed by atoms with Gasteiger partial charge in [0.25, 0.3) is 0 Å². The van der Waals surface area contributed by atoms with Crippen molar-refractivity contribution in [3.05, 3.63) is 0 Å². The van der Waals surface area contributed by atoms with E-state index in [2.05, 4.69) is 46.2 Å². The van der Waals surface area contributed by atoms with Crippen LogP contribution in [-0.4, -0.2) is 31.7 Å². The third-order valence-corrected chi connectivity index (χ3v) is 14.6. The monoisotopic (exact) mass is 369 g/mol. The largest absolute Gasteiger partial charge is 0.437 e. The van der Waals surface area contributed by atoms with E-state index in [1.54, 1.807) is 0 Å². The summed E-state index contributed by atoms with van der Waals surface area (Å²) in [6, 6.07) is 2.38. The fourth-order valence-corrected chi connectivity index (χ4v) is 16.8. The number of unbranched alkanes of at least 4 members (excludes halogenated alkanes) is 1. The highest BCUT2D eigenvalue weighted by Crippen LogP contribution is 2.26. The van der Waals surface area contributed by atoms with E-state index in [0.717, 1.165) is 19.0 Å². The van der Waals surface area contributed by atoms with Crippen molar-refractivity contribution in [2.75, 3.05) is 6.54 Å². The number of rotatable bonds is 10. The maximum atomic E-state index is 6.50. The lowest BCUT2D eigenvalue weighted by Gasteiger charge is -2.38. The summed E-state index contributed by atoms with van der Waals surface area (Å²) >= 11 is 0. The normalized spacial score (nSPS) is 12.0. The lowest BCUT2D eigenvalue weighted by molar-refractivity contribution is 0.387. The Morgan fingerprint density at radius 2 is 1.09 bits per heavy atom. The van der Waals surface area contributed by atoms with Crippen LogP contribution in [0.1, 0.15) is 48.5 Å². The van der Waals surface area contributed by atoms with Crippen molar-refractivity contribution < 1.29 is 8.23 Å². The van der Waals surface area contributed by atoms with E-state index in [9.17, 15) is 0 Å². The molecule has 2 N–H and O–H groups in total. The van der Waals surface area contributed by atoms with Gasteiger partial charge in [-0.15, -0.1) is 0 Å². The highest BCUT2D eigenvalue weighted by molar-refractivity contribution is 6.87. The van der Waals surface area contributed by atoms with E-state index in [1.165, 1.54) is 18.9 Å². The highest BCUT2D eigenvalue weighted by atomic mass is 28.5. The van der Waals surface area contributed by atoms with Crippen molar-refractivity contribution in [1.82, 2.24) is 0 Å². The predicted octanol–water partition coefficient (Wildman–Crippen LogP) is 6.19. The molecule has 0 rings (SSSR count). The molecule has 0 aliphatic rings. The van der Waals surface area contributed by atoms with Gasteiger partial charge >= 0.3 is 8.56 Å². The molecular weight excluding hydrogens is 322 g/mol. The van der Waals surface area contributed by atoms with E-state index in [-0.39, 0.29) is 22.3 Å². The van der Waals surface area contributed by atoms with E-state index < -0.39 is 25.2 Å². The number of nitrogens with two attached hydrogens (primary N) is 1. The Balaban J connectivity index is -0.000000540. The predicted molar refractivity (Wildman–Crippen MR) is 113 cm³/mol. The van der Waals surface area contributed by atoms with E-state index in [4.69, 9.17) is 14.0 Å². The van der Waals surface area contributed by atoms with Gasteiger partial charge in [-0.3, -0.25) is 0 Å². The molecular formula is C16H47NO2Si3. The molecule has 22 heavy (non-hydrogen) atoms. The number of hydrogen-bond acceptors (Lipinski definition) is 3. The van der Waals surface area contributed by atoms with Crippen molar-refractivity contribution >= 4 is 25.2 Å². The first-order chi connectivity index (χ1) is 8.54. The summed E-state index contributed by atoms with van der Waals surface area (Å²) < 4.78 is 13.0. The first-order valence-corrected chi connectivity index (χ1v) is 16.7. The molecule has 0 fully saturated rings. The Kier molecular flexibility index (Phi) is 17.8. The summed E-state index contributed by atoms with van der Waals surface area (Å²) in [6.07, 6.45) is 3.59. The van der Waals surface area contributed by atoms with Crippen LogP contribution in [0.2, 0.25) is 51.4 Å². The molecule has 0 heterocycles. The minimum absolute atomic E-state index is 0. The average molecular weight is 370 g/mol. The van der Waals surface area contributed by atoms with Crippen LogP contribution in [0.4, 0.5) is 0 Å². The van der Waals surface area contributed by atoms with Crippen molar-refractivity contribution in [2.45, 2.75) is 99.8 Å². The summed E-state index contributed by atoms with van der Waals surface area (Å²) in [5, 5.41) is 0. The maximum Gasteiger partial charge on any atom is 0.311 e. The zero-order valence-electron chi connectivity index (χ0n) is 14.1. The third-order valence-electron chi connectivity index (χ3n) is 3.16. The van der Waals surface area contributed by atoms with Crippen LogP contribution in [0, 0.1) is 0 Å². The van der Waals surface area contributed by atoms with Crippen LogP contribution >= 0.6 is 0 Å². The molecule has 0 unspecified atom stereocenters. The smallest absolute Gasteiger partial charge is 0.311 e. The summed E-state index contributed by atoms with van der Waals surface area (Å²) in [4.78, 5) is 0. The van der Waals surface area contributed by atoms with E-state index >= 15 is 0 Å². The van der Waals surface area contributed by atoms with Gasteiger partial charge in [0, 0.05) is 0 Å². The quantitative estimate of drug-likeness (QED) is 0.467. The van der Waals surface area contributed by atoms with Gasteiger partial charge in [0.2, 0.25) is 0 Å². The minimum atomic E-state index is -1.99. The fraction of sp³-hybridized carbons (Fsp3) is 1.00. The Morgan fingerprint density at radius 3 is 1.41 bits per heavy atom. The molecule has 0 amide bonds. The third kappa shape index (κ3) is 15.4. The Labute approximate surface area is 145 Å². The van der Waals surface area contributed by atoms with Crippen LogP contribution in [0.5, 0.6) is 0 Å². The summed E-state index contributed by atoms with van der Waals surface area (Å²) in [5.74, 6) is 0. The summed E-state index contributed by atoms with van der Waals surface area (Å²) in [5.41, 5.74) is 5.61. The molecule has 0 bridgehead atoms. The fourth-order valence-electron chi connectivity index (χ4n) is 2.58. The van der Waals surface area contributed by atoms with Crippen molar-refractivity contribution in [1.29, 1.82) is 0 Å². The van der Waals surface area contributed by atoms with Gasteiger partial charge in [0.1, 0.15) is 0 Å². The van der Waals surface area contributed by atoms with Gasteiger partial charge in [-0.25, -0.2) is 0 Å². The topological polar surface area (TPSA) is 44.5 Å². The first-order valence-electron chi connectivity index (χ1n) is 7.64. The van der Waals surface area contributed by atoms with Crippen LogP contribution in [-0.2, 0) is 8.23 Å². The molecule has 0 saturated heterocycles. The van der Waals surface area contributed by atoms with Gasteiger partial charge in [-0.2, -0.15) is 0 Å². The van der Waals surface area contributed by atoms with Crippen molar-refractivity contribution in [3.8, 4) is 0 Å². The zero-order valence-corrected chi connectivity index (χ0v) is 17.1. The Hall–Kier alpha value is 0.531. The molecule has 0 spiro atoms. The second-order valence-corrected chi connectivity index (χ2v) is 19.6. The summed E-state index contributed by atoms with van der Waals surface area (Å²) in [7, 11) is -5.16. The van der Waals surface area contributed by atoms with Gasteiger partial charge in [0.15, 0.2) is 16.6 Å². The Morgan fingerprint density at radius 1 is 0.727 bits per heavy atom. The second kappa shape index (κ2) is 12.9. The van der Waals surface area contributed by atoms with Crippen LogP contribution in [0.25, 0.3) is 0 Å². The van der Waals surface area contributed by atoms with Crippen molar-refractivity contribution in [3.63, 3.8) is 0 Å². The van der Waals surface area contributed by atoms with Gasteiger partial charge in [-0.05, 0) is 64.3 Å². The molecule has 6 heteroatoms. The maximum absolute atomic E-state index is 6.50. The second-order valence-electron chi connectivity index (χ2n) is 7.12. The van der Waals surface area contributed by atoms with Crippen LogP contribution in [0.15, 0.2) is 0 Å². The van der Waals surface area contributed by atoms with Gasteiger partial charge < -0.3 is 14.0 Å². The molecule has 140 valence electrons. The molecule has 0 saturated carbocycles. The molecule has 0 atom stereocenters. The standard InChI is InChI=1S/C13H35NO2Si3.3CH4/c1-8-9-12-17(2,3)15-19(6,7)16-18(4,5)13-10-11-14;;;/h8-14H2,1-7H3;3*1H4. The molecule has 0 aromatic rings. The molecule has 3 nitrogen and oxygen atoms in total. The SMILES string of the molecule is C.C.C.CCCC[Si](C)(C)O[Si](C)(C)O[Si](C)(C)CCCN. The highest BCUT2D eigenvalue weighted by Gasteiger charge is 2.38. The van der Waals surface area contributed by atoms with Crippen LogP contribution in [0.3, 0.4) is 0 Å². The molecule has 0 aliphatic carbocycles. The van der Waals surface area contributed by atoms with E-state index in [1.807, 2.05) is 0 Å². The minimum Gasteiger partial charge on any atom is -0.437 e. The van der Waals surface area contributed by atoms with Gasteiger partial charge in [-0.1, -0.05) is 42.0 Å². The Bertz CT molecular complexity index is 236. The lowest BCUT2D eigenvalue weighted by Crippen LogP contribution is -2.52. The van der Waals surface area contributed by atoms with E-state index in [0.29, 0.717) is 0 Å². The molecule has 0 radical (unpaired) electrons. The average Bonchev–Trinajstić information content (AvgIpc) is 2.20.